The summed E-state index contributed by atoms with van der Waals surface area (Å²) >= 11 is 0. The van der Waals surface area contributed by atoms with E-state index in [1.165, 1.54) is 0 Å². The van der Waals surface area contributed by atoms with Crippen LogP contribution >= 0.6 is 0 Å². The fourth-order valence-corrected chi connectivity index (χ4v) is 3.35. The number of unbranched alkanes of at least 4 members (excludes halogenated alkanes) is 2. The van der Waals surface area contributed by atoms with Gasteiger partial charge < -0.3 is 19.0 Å². The fraction of sp³-hybridized carbons (Fsp3) is 0.700. The number of aliphatic hydroxyl groups is 1. The first-order valence-electron chi connectivity index (χ1n) is 9.21. The van der Waals surface area contributed by atoms with E-state index in [1.807, 2.05) is 24.3 Å². The molecule has 1 aromatic rings. The van der Waals surface area contributed by atoms with Gasteiger partial charge >= 0.3 is 0 Å². The van der Waals surface area contributed by atoms with Crippen LogP contribution in [0.25, 0.3) is 0 Å². The molecular formula is C20H36O4Si. The van der Waals surface area contributed by atoms with Gasteiger partial charge in [-0.2, -0.15) is 0 Å². The lowest BCUT2D eigenvalue weighted by atomic mass is 10.0. The highest BCUT2D eigenvalue weighted by atomic mass is 28.4. The molecular weight excluding hydrogens is 332 g/mol. The average Bonchev–Trinajstić information content (AvgIpc) is 2.55. The molecule has 1 rings (SSSR count). The average molecular weight is 369 g/mol. The van der Waals surface area contributed by atoms with Crippen LogP contribution in [-0.4, -0.2) is 33.9 Å². The summed E-state index contributed by atoms with van der Waals surface area (Å²) in [5.41, 5.74) is 0.895. The number of benzene rings is 1. The van der Waals surface area contributed by atoms with Crippen LogP contribution in [0.15, 0.2) is 24.3 Å². The van der Waals surface area contributed by atoms with Gasteiger partial charge in [0, 0.05) is 13.7 Å². The van der Waals surface area contributed by atoms with Gasteiger partial charge in [0.1, 0.15) is 5.75 Å². The van der Waals surface area contributed by atoms with E-state index in [4.69, 9.17) is 13.9 Å². The summed E-state index contributed by atoms with van der Waals surface area (Å²) in [5.74, 6) is 0.723. The molecule has 1 aromatic carbocycles. The highest BCUT2D eigenvalue weighted by molar-refractivity contribution is 6.74. The third kappa shape index (κ3) is 7.90. The number of hydrogen-bond donors (Lipinski definition) is 1. The molecule has 0 aliphatic rings. The van der Waals surface area contributed by atoms with Crippen molar-refractivity contribution >= 4 is 8.32 Å². The van der Waals surface area contributed by atoms with Crippen LogP contribution in [0.3, 0.4) is 0 Å². The highest BCUT2D eigenvalue weighted by Crippen LogP contribution is 2.36. The molecule has 5 heteroatoms. The molecule has 25 heavy (non-hydrogen) atoms. The number of ether oxygens (including phenoxy) is 2. The number of methoxy groups -OCH3 is 1. The number of rotatable bonds is 11. The minimum atomic E-state index is -1.63. The Morgan fingerprint density at radius 3 is 2.48 bits per heavy atom. The molecule has 1 atom stereocenters. The highest BCUT2D eigenvalue weighted by Gasteiger charge is 2.36. The molecule has 0 aliphatic carbocycles. The van der Waals surface area contributed by atoms with Crippen molar-refractivity contribution in [1.82, 2.24) is 0 Å². The van der Waals surface area contributed by atoms with Crippen LogP contribution in [0.1, 0.15) is 58.1 Å². The Morgan fingerprint density at radius 1 is 1.12 bits per heavy atom. The van der Waals surface area contributed by atoms with Gasteiger partial charge in [-0.05, 0) is 48.7 Å². The van der Waals surface area contributed by atoms with E-state index in [1.54, 1.807) is 7.11 Å². The van der Waals surface area contributed by atoms with Crippen molar-refractivity contribution in [1.29, 1.82) is 0 Å². The third-order valence-electron chi connectivity index (χ3n) is 4.98. The molecule has 0 aromatic heterocycles. The standard InChI is InChI=1S/C20H36O4Si/c1-20(2,3)25(5,6)24-14-9-7-8-13-19(21)17-11-10-12-18(15-17)23-16-22-4/h10-12,15,19,21H,7-9,13-14,16H2,1-6H3. The Balaban J connectivity index is 2.28. The summed E-state index contributed by atoms with van der Waals surface area (Å²) in [6.45, 7) is 12.4. The predicted octanol–water partition coefficient (Wildman–Crippen LogP) is 5.28. The summed E-state index contributed by atoms with van der Waals surface area (Å²) in [4.78, 5) is 0. The second-order valence-corrected chi connectivity index (χ2v) is 12.9. The van der Waals surface area contributed by atoms with Crippen LogP contribution < -0.4 is 4.74 Å². The maximum absolute atomic E-state index is 10.4. The molecule has 4 nitrogen and oxygen atoms in total. The SMILES string of the molecule is COCOc1cccc(C(O)CCCCCO[Si](C)(C)C(C)(C)C)c1. The largest absolute Gasteiger partial charge is 0.468 e. The summed E-state index contributed by atoms with van der Waals surface area (Å²) < 4.78 is 16.5. The summed E-state index contributed by atoms with van der Waals surface area (Å²) in [7, 11) is -0.0398. The molecule has 0 spiro atoms. The van der Waals surface area contributed by atoms with E-state index < -0.39 is 14.4 Å². The van der Waals surface area contributed by atoms with E-state index >= 15 is 0 Å². The van der Waals surface area contributed by atoms with Gasteiger partial charge in [0.05, 0.1) is 6.10 Å². The fourth-order valence-electron chi connectivity index (χ4n) is 2.27. The first kappa shape index (κ1) is 22.2. The quantitative estimate of drug-likeness (QED) is 0.328. The van der Waals surface area contributed by atoms with Crippen LogP contribution in [0.4, 0.5) is 0 Å². The molecule has 1 unspecified atom stereocenters. The molecule has 0 bridgehead atoms. The van der Waals surface area contributed by atoms with Gasteiger partial charge in [-0.25, -0.2) is 0 Å². The van der Waals surface area contributed by atoms with Crippen LogP contribution in [-0.2, 0) is 9.16 Å². The van der Waals surface area contributed by atoms with Gasteiger partial charge in [-0.3, -0.25) is 0 Å². The summed E-state index contributed by atoms with van der Waals surface area (Å²) in [6, 6.07) is 7.58. The Bertz CT molecular complexity index is 497. The number of aliphatic hydroxyl groups excluding tert-OH is 1. The second kappa shape index (κ2) is 10.3. The zero-order valence-electron chi connectivity index (χ0n) is 16.8. The van der Waals surface area contributed by atoms with E-state index in [9.17, 15) is 5.11 Å². The summed E-state index contributed by atoms with van der Waals surface area (Å²) in [5, 5.41) is 10.6. The van der Waals surface area contributed by atoms with Gasteiger partial charge in [0.15, 0.2) is 15.1 Å². The van der Waals surface area contributed by atoms with E-state index in [-0.39, 0.29) is 11.8 Å². The first-order valence-corrected chi connectivity index (χ1v) is 12.1. The smallest absolute Gasteiger partial charge is 0.191 e. The maximum Gasteiger partial charge on any atom is 0.191 e. The van der Waals surface area contributed by atoms with Crippen molar-refractivity contribution in [2.75, 3.05) is 20.5 Å². The van der Waals surface area contributed by atoms with Crippen LogP contribution in [0.2, 0.25) is 18.1 Å². The molecule has 0 radical (unpaired) electrons. The van der Waals surface area contributed by atoms with E-state index in [0.29, 0.717) is 0 Å². The Morgan fingerprint density at radius 2 is 1.84 bits per heavy atom. The van der Waals surface area contributed by atoms with Crippen molar-refractivity contribution < 1.29 is 19.0 Å². The van der Waals surface area contributed by atoms with Gasteiger partial charge in [-0.15, -0.1) is 0 Å². The number of hydrogen-bond acceptors (Lipinski definition) is 4. The van der Waals surface area contributed by atoms with Crippen LogP contribution in [0.5, 0.6) is 5.75 Å². The Hall–Kier alpha value is -0.883. The topological polar surface area (TPSA) is 47.9 Å². The molecule has 0 amide bonds. The predicted molar refractivity (Wildman–Crippen MR) is 106 cm³/mol. The van der Waals surface area contributed by atoms with Crippen molar-refractivity contribution in [3.63, 3.8) is 0 Å². The van der Waals surface area contributed by atoms with E-state index in [0.717, 1.165) is 43.6 Å². The minimum absolute atomic E-state index is 0.216. The van der Waals surface area contributed by atoms with Gasteiger partial charge in [0.2, 0.25) is 0 Å². The second-order valence-electron chi connectivity index (χ2n) is 8.10. The molecule has 0 fully saturated rings. The Labute approximate surface area is 154 Å². The van der Waals surface area contributed by atoms with Crippen molar-refractivity contribution in [2.45, 2.75) is 70.7 Å². The van der Waals surface area contributed by atoms with E-state index in [2.05, 4.69) is 33.9 Å². The maximum atomic E-state index is 10.4. The minimum Gasteiger partial charge on any atom is -0.468 e. The lowest BCUT2D eigenvalue weighted by Gasteiger charge is -2.36. The third-order valence-corrected chi connectivity index (χ3v) is 9.52. The monoisotopic (exact) mass is 368 g/mol. The van der Waals surface area contributed by atoms with Gasteiger partial charge in [-0.1, -0.05) is 45.7 Å². The molecule has 0 saturated heterocycles. The molecule has 0 aliphatic heterocycles. The molecule has 144 valence electrons. The van der Waals surface area contributed by atoms with Crippen LogP contribution in [0, 0.1) is 0 Å². The zero-order chi connectivity index (χ0) is 18.9. The zero-order valence-corrected chi connectivity index (χ0v) is 17.8. The lowest BCUT2D eigenvalue weighted by Crippen LogP contribution is -2.40. The lowest BCUT2D eigenvalue weighted by molar-refractivity contribution is 0.0508. The Kier molecular flexibility index (Phi) is 9.14. The molecule has 0 saturated carbocycles. The van der Waals surface area contributed by atoms with Gasteiger partial charge in [0.25, 0.3) is 0 Å². The summed E-state index contributed by atoms with van der Waals surface area (Å²) in [6.07, 6.45) is 3.42. The normalized spacial score (nSPS) is 13.7. The molecule has 0 heterocycles. The van der Waals surface area contributed by atoms with Crippen molar-refractivity contribution in [2.24, 2.45) is 0 Å². The van der Waals surface area contributed by atoms with Crippen molar-refractivity contribution in [3.8, 4) is 5.75 Å². The first-order chi connectivity index (χ1) is 11.7. The molecule has 1 N–H and O–H groups in total. The van der Waals surface area contributed by atoms with Crippen molar-refractivity contribution in [3.05, 3.63) is 29.8 Å².